The second-order valence-electron chi connectivity index (χ2n) is 6.06. The Hall–Kier alpha value is -3.10. The first kappa shape index (κ1) is 16.7. The van der Waals surface area contributed by atoms with E-state index >= 15 is 0 Å². The van der Waals surface area contributed by atoms with Gasteiger partial charge in [0, 0.05) is 42.4 Å². The molecule has 0 spiro atoms. The number of likely N-dealkylation sites (tertiary alicyclic amines) is 1. The van der Waals surface area contributed by atoms with Gasteiger partial charge in [0.2, 0.25) is 0 Å². The summed E-state index contributed by atoms with van der Waals surface area (Å²) in [6, 6.07) is 5.68. The molecule has 25 heavy (non-hydrogen) atoms. The maximum absolute atomic E-state index is 12.3. The number of nitrogens with one attached hydrogen (secondary N) is 2. The molecular weight excluding hydrogens is 328 g/mol. The molecule has 0 radical (unpaired) electrons. The maximum Gasteiger partial charge on any atom is 0.321 e. The molecule has 2 aromatic rings. The Labute approximate surface area is 142 Å². The smallest absolute Gasteiger partial charge is 0.321 e. The first-order valence-corrected chi connectivity index (χ1v) is 7.93. The minimum Gasteiger partial charge on any atom is -0.383 e. The number of benzene rings is 1. The zero-order chi connectivity index (χ0) is 18.0. The number of carbonyl (C=O) groups is 1. The number of carbonyl (C=O) groups excluding carboxylic acids is 1. The summed E-state index contributed by atoms with van der Waals surface area (Å²) < 4.78 is 5.13. The zero-order valence-electron chi connectivity index (χ0n) is 13.7. The normalized spacial score (nSPS) is 15.2. The molecule has 0 bridgehead atoms. The van der Waals surface area contributed by atoms with Crippen molar-refractivity contribution in [2.45, 2.75) is 25.7 Å². The molecule has 132 valence electrons. The summed E-state index contributed by atoms with van der Waals surface area (Å²) in [5, 5.41) is 15.9. The number of H-pyrrole nitrogens is 1. The van der Waals surface area contributed by atoms with Crippen LogP contribution in [0.15, 0.2) is 33.6 Å². The van der Waals surface area contributed by atoms with Crippen LogP contribution >= 0.6 is 0 Å². The van der Waals surface area contributed by atoms with Crippen molar-refractivity contribution in [2.75, 3.05) is 18.4 Å². The van der Waals surface area contributed by atoms with E-state index in [1.807, 2.05) is 0 Å². The Morgan fingerprint density at radius 1 is 1.36 bits per heavy atom. The van der Waals surface area contributed by atoms with Crippen molar-refractivity contribution < 1.29 is 14.2 Å². The summed E-state index contributed by atoms with van der Waals surface area (Å²) in [4.78, 5) is 35.5. The number of aryl methyl sites for hydroxylation is 1. The molecular formula is C16H18N4O5. The van der Waals surface area contributed by atoms with Crippen LogP contribution in [-0.2, 0) is 0 Å². The fraction of sp³-hybridized carbons (Fsp3) is 0.375. The van der Waals surface area contributed by atoms with Gasteiger partial charge in [-0.05, 0) is 31.9 Å². The number of urea groups is 1. The molecule has 1 fully saturated rings. The SMILES string of the molecule is Cc1cc(NC(=O)N2CCC(c3cc(=O)[nH]o3)CC2)ccc1[N+](=O)[O-]. The lowest BCUT2D eigenvalue weighted by Crippen LogP contribution is -2.40. The van der Waals surface area contributed by atoms with Crippen LogP contribution in [0.3, 0.4) is 0 Å². The third-order valence-electron chi connectivity index (χ3n) is 4.37. The van der Waals surface area contributed by atoms with Gasteiger partial charge in [-0.25, -0.2) is 4.79 Å². The summed E-state index contributed by atoms with van der Waals surface area (Å²) in [6.07, 6.45) is 1.40. The number of nitro benzene ring substituents is 1. The van der Waals surface area contributed by atoms with Gasteiger partial charge in [-0.15, -0.1) is 0 Å². The lowest BCUT2D eigenvalue weighted by Gasteiger charge is -2.30. The van der Waals surface area contributed by atoms with E-state index in [0.717, 1.165) is 0 Å². The summed E-state index contributed by atoms with van der Waals surface area (Å²) in [5.41, 5.74) is 0.770. The molecule has 3 rings (SSSR count). The Morgan fingerprint density at radius 2 is 2.08 bits per heavy atom. The number of rotatable bonds is 3. The van der Waals surface area contributed by atoms with Crippen LogP contribution in [0.4, 0.5) is 16.2 Å². The van der Waals surface area contributed by atoms with Crippen molar-refractivity contribution in [3.8, 4) is 0 Å². The number of anilines is 1. The molecule has 1 aromatic heterocycles. The van der Waals surface area contributed by atoms with Gasteiger partial charge in [0.1, 0.15) is 5.76 Å². The largest absolute Gasteiger partial charge is 0.383 e. The Balaban J connectivity index is 1.58. The van der Waals surface area contributed by atoms with Crippen molar-refractivity contribution in [1.29, 1.82) is 0 Å². The number of amides is 2. The van der Waals surface area contributed by atoms with E-state index in [1.54, 1.807) is 17.9 Å². The third-order valence-corrected chi connectivity index (χ3v) is 4.37. The predicted octanol–water partition coefficient (Wildman–Crippen LogP) is 2.60. The minimum atomic E-state index is -0.453. The average molecular weight is 346 g/mol. The second kappa shape index (κ2) is 6.80. The van der Waals surface area contributed by atoms with Crippen molar-refractivity contribution in [2.24, 2.45) is 0 Å². The van der Waals surface area contributed by atoms with Gasteiger partial charge in [-0.2, -0.15) is 5.16 Å². The average Bonchev–Trinajstić information content (AvgIpc) is 3.01. The molecule has 1 aromatic carbocycles. The van der Waals surface area contributed by atoms with Crippen LogP contribution < -0.4 is 10.9 Å². The molecule has 2 amide bonds. The van der Waals surface area contributed by atoms with Crippen molar-refractivity contribution in [1.82, 2.24) is 10.1 Å². The first-order valence-electron chi connectivity index (χ1n) is 7.93. The van der Waals surface area contributed by atoms with E-state index in [2.05, 4.69) is 10.5 Å². The number of piperidine rings is 1. The first-order chi connectivity index (χ1) is 11.9. The standard InChI is InChI=1S/C16H18N4O5/c1-10-8-12(2-3-13(10)20(23)24)17-16(22)19-6-4-11(5-7-19)14-9-15(21)18-25-14/h2-3,8-9,11H,4-7H2,1H3,(H,17,22)(H,18,21). The molecule has 1 saturated heterocycles. The number of hydrogen-bond acceptors (Lipinski definition) is 5. The van der Waals surface area contributed by atoms with Crippen molar-refractivity contribution in [3.63, 3.8) is 0 Å². The topological polar surface area (TPSA) is 121 Å². The van der Waals surface area contributed by atoms with Crippen LogP contribution in [0.25, 0.3) is 0 Å². The maximum atomic E-state index is 12.3. The number of hydrogen-bond donors (Lipinski definition) is 2. The molecule has 2 heterocycles. The fourth-order valence-corrected chi connectivity index (χ4v) is 3.01. The summed E-state index contributed by atoms with van der Waals surface area (Å²) in [7, 11) is 0. The molecule has 0 atom stereocenters. The summed E-state index contributed by atoms with van der Waals surface area (Å²) >= 11 is 0. The molecule has 0 aliphatic carbocycles. The minimum absolute atomic E-state index is 0.0202. The van der Waals surface area contributed by atoms with Crippen LogP contribution in [0.5, 0.6) is 0 Å². The van der Waals surface area contributed by atoms with E-state index in [9.17, 15) is 19.7 Å². The molecule has 2 N–H and O–H groups in total. The van der Waals surface area contributed by atoms with Gasteiger partial charge in [0.15, 0.2) is 0 Å². The quantitative estimate of drug-likeness (QED) is 0.653. The monoisotopic (exact) mass is 346 g/mol. The lowest BCUT2D eigenvalue weighted by molar-refractivity contribution is -0.385. The molecule has 1 aliphatic rings. The van der Waals surface area contributed by atoms with Crippen molar-refractivity contribution >= 4 is 17.4 Å². The Morgan fingerprint density at radius 3 is 2.64 bits per heavy atom. The van der Waals surface area contributed by atoms with E-state index in [4.69, 9.17) is 4.52 Å². The van der Waals surface area contributed by atoms with Gasteiger partial charge in [0.05, 0.1) is 4.92 Å². The van der Waals surface area contributed by atoms with Crippen LogP contribution in [0, 0.1) is 17.0 Å². The number of aromatic amines is 1. The number of nitrogens with zero attached hydrogens (tertiary/aromatic N) is 2. The van der Waals surface area contributed by atoms with Gasteiger partial charge >= 0.3 is 6.03 Å². The second-order valence-corrected chi connectivity index (χ2v) is 6.06. The molecule has 0 unspecified atom stereocenters. The number of nitro groups is 1. The highest BCUT2D eigenvalue weighted by Gasteiger charge is 2.26. The highest BCUT2D eigenvalue weighted by atomic mass is 16.6. The van der Waals surface area contributed by atoms with Gasteiger partial charge < -0.3 is 14.7 Å². The van der Waals surface area contributed by atoms with Crippen LogP contribution in [0.1, 0.15) is 30.1 Å². The zero-order valence-corrected chi connectivity index (χ0v) is 13.7. The highest BCUT2D eigenvalue weighted by molar-refractivity contribution is 5.89. The van der Waals surface area contributed by atoms with Crippen LogP contribution in [0.2, 0.25) is 0 Å². The molecule has 9 nitrogen and oxygen atoms in total. The summed E-state index contributed by atoms with van der Waals surface area (Å²) in [5.74, 6) is 0.737. The van der Waals surface area contributed by atoms with E-state index in [-0.39, 0.29) is 23.2 Å². The third kappa shape index (κ3) is 3.70. The van der Waals surface area contributed by atoms with E-state index < -0.39 is 4.92 Å². The van der Waals surface area contributed by atoms with Gasteiger partial charge in [-0.3, -0.25) is 14.9 Å². The van der Waals surface area contributed by atoms with E-state index in [1.165, 1.54) is 18.2 Å². The molecule has 1 aliphatic heterocycles. The molecule has 9 heteroatoms. The van der Waals surface area contributed by atoms with Crippen LogP contribution in [-0.4, -0.2) is 34.1 Å². The fourth-order valence-electron chi connectivity index (χ4n) is 3.01. The highest BCUT2D eigenvalue weighted by Crippen LogP contribution is 2.27. The van der Waals surface area contributed by atoms with Gasteiger partial charge in [0.25, 0.3) is 11.2 Å². The van der Waals surface area contributed by atoms with Gasteiger partial charge in [-0.1, -0.05) is 0 Å². The molecule has 0 saturated carbocycles. The lowest BCUT2D eigenvalue weighted by atomic mass is 9.94. The Bertz CT molecular complexity index is 848. The van der Waals surface area contributed by atoms with Crippen molar-refractivity contribution in [3.05, 3.63) is 56.1 Å². The number of aromatic nitrogens is 1. The van der Waals surface area contributed by atoms with E-state index in [0.29, 0.717) is 42.9 Å². The summed E-state index contributed by atoms with van der Waals surface area (Å²) in [6.45, 7) is 2.71. The predicted molar refractivity (Wildman–Crippen MR) is 89.7 cm³/mol. The Kier molecular flexibility index (Phi) is 4.55.